The minimum absolute atomic E-state index is 0.0561. The number of carbonyl (C=O) groups is 2. The van der Waals surface area contributed by atoms with Gasteiger partial charge in [0.05, 0.1) is 6.04 Å². The average Bonchev–Trinajstić information content (AvgIpc) is 2.28. The summed E-state index contributed by atoms with van der Waals surface area (Å²) in [6.07, 6.45) is 1.37. The molecule has 1 aliphatic heterocycles. The second kappa shape index (κ2) is 4.17. The van der Waals surface area contributed by atoms with Crippen LogP contribution in [0.25, 0.3) is 0 Å². The largest absolute Gasteiger partial charge is 0.508 e. The molecule has 1 unspecified atom stereocenters. The maximum absolute atomic E-state index is 11.3. The number of hydrogen-bond donors (Lipinski definition) is 4. The Hall–Kier alpha value is -2.50. The van der Waals surface area contributed by atoms with Crippen LogP contribution in [0, 0.1) is 0 Å². The molecular formula is C11H10N2O4. The van der Waals surface area contributed by atoms with E-state index in [4.69, 9.17) is 5.11 Å². The van der Waals surface area contributed by atoms with Crippen molar-refractivity contribution < 1.29 is 19.8 Å². The first-order valence-corrected chi connectivity index (χ1v) is 4.88. The van der Waals surface area contributed by atoms with Crippen LogP contribution in [0.2, 0.25) is 0 Å². The molecule has 0 saturated heterocycles. The minimum atomic E-state index is -1.20. The quantitative estimate of drug-likeness (QED) is 0.605. The number of amides is 2. The summed E-state index contributed by atoms with van der Waals surface area (Å²) in [5, 5.41) is 22.9. The van der Waals surface area contributed by atoms with Crippen LogP contribution in [-0.4, -0.2) is 22.2 Å². The van der Waals surface area contributed by atoms with Gasteiger partial charge in [-0.3, -0.25) is 0 Å². The molecule has 0 saturated carbocycles. The summed E-state index contributed by atoms with van der Waals surface area (Å²) in [6, 6.07) is 5.11. The fourth-order valence-corrected chi connectivity index (χ4v) is 1.57. The van der Waals surface area contributed by atoms with Crippen LogP contribution >= 0.6 is 0 Å². The lowest BCUT2D eigenvalue weighted by Gasteiger charge is -2.22. The molecule has 0 radical (unpaired) electrons. The van der Waals surface area contributed by atoms with Crippen LogP contribution in [0.3, 0.4) is 0 Å². The number of carboxylic acids is 1. The van der Waals surface area contributed by atoms with Gasteiger partial charge in [-0.05, 0) is 23.8 Å². The van der Waals surface area contributed by atoms with Gasteiger partial charge in [-0.15, -0.1) is 0 Å². The summed E-state index contributed by atoms with van der Waals surface area (Å²) in [6.45, 7) is 0. The lowest BCUT2D eigenvalue weighted by Crippen LogP contribution is -2.43. The van der Waals surface area contributed by atoms with Crippen molar-refractivity contribution in [3.63, 3.8) is 0 Å². The van der Waals surface area contributed by atoms with E-state index in [1.54, 1.807) is 12.1 Å². The smallest absolute Gasteiger partial charge is 0.352 e. The molecule has 17 heavy (non-hydrogen) atoms. The summed E-state index contributed by atoms with van der Waals surface area (Å²) < 4.78 is 0. The van der Waals surface area contributed by atoms with Crippen molar-refractivity contribution in [2.45, 2.75) is 6.04 Å². The molecular weight excluding hydrogens is 224 g/mol. The van der Waals surface area contributed by atoms with Crippen molar-refractivity contribution in [1.82, 2.24) is 10.6 Å². The second-order valence-electron chi connectivity index (χ2n) is 3.56. The predicted octanol–water partition coefficient (Wildman–Crippen LogP) is 0.715. The number of benzene rings is 1. The van der Waals surface area contributed by atoms with Crippen molar-refractivity contribution in [3.8, 4) is 5.75 Å². The highest BCUT2D eigenvalue weighted by molar-refractivity contribution is 5.93. The van der Waals surface area contributed by atoms with Crippen LogP contribution in [0.5, 0.6) is 5.75 Å². The molecule has 1 atom stereocenters. The van der Waals surface area contributed by atoms with Crippen LogP contribution in [0.15, 0.2) is 36.0 Å². The van der Waals surface area contributed by atoms with Gasteiger partial charge in [0.15, 0.2) is 0 Å². The number of aliphatic carboxylic acids is 1. The topological polar surface area (TPSA) is 98.7 Å². The first kappa shape index (κ1) is 11.0. The Morgan fingerprint density at radius 2 is 2.12 bits per heavy atom. The minimum Gasteiger partial charge on any atom is -0.508 e. The maximum atomic E-state index is 11.3. The van der Waals surface area contributed by atoms with E-state index in [0.29, 0.717) is 5.56 Å². The number of phenolic OH excluding ortho intramolecular Hbond substituents is 1. The highest BCUT2D eigenvalue weighted by atomic mass is 16.4. The van der Waals surface area contributed by atoms with E-state index in [-0.39, 0.29) is 11.4 Å². The fourth-order valence-electron chi connectivity index (χ4n) is 1.57. The first-order valence-electron chi connectivity index (χ1n) is 4.88. The Labute approximate surface area is 96.6 Å². The lowest BCUT2D eigenvalue weighted by atomic mass is 10.0. The fraction of sp³-hybridized carbons (Fsp3) is 0.0909. The van der Waals surface area contributed by atoms with Gasteiger partial charge in [-0.2, -0.15) is 0 Å². The van der Waals surface area contributed by atoms with Gasteiger partial charge in [0, 0.05) is 0 Å². The summed E-state index contributed by atoms with van der Waals surface area (Å²) in [5.41, 5.74) is 0.431. The van der Waals surface area contributed by atoms with Gasteiger partial charge >= 0.3 is 12.0 Å². The van der Waals surface area contributed by atoms with Gasteiger partial charge in [0.1, 0.15) is 11.4 Å². The Kier molecular flexibility index (Phi) is 2.70. The van der Waals surface area contributed by atoms with Gasteiger partial charge in [0.2, 0.25) is 0 Å². The highest BCUT2D eigenvalue weighted by Crippen LogP contribution is 2.21. The Bertz CT molecular complexity index is 510. The summed E-state index contributed by atoms with van der Waals surface area (Å²) >= 11 is 0. The van der Waals surface area contributed by atoms with E-state index in [2.05, 4.69) is 10.6 Å². The van der Waals surface area contributed by atoms with E-state index in [1.165, 1.54) is 18.2 Å². The molecule has 2 amide bonds. The SMILES string of the molecule is O=C1NC(C(=O)O)=CC(c2cccc(O)c2)N1. The van der Waals surface area contributed by atoms with Gasteiger partial charge in [-0.25, -0.2) is 9.59 Å². The van der Waals surface area contributed by atoms with Crippen LogP contribution in [0.4, 0.5) is 4.79 Å². The zero-order valence-electron chi connectivity index (χ0n) is 8.68. The maximum Gasteiger partial charge on any atom is 0.352 e. The van der Waals surface area contributed by atoms with Gasteiger partial charge in [0.25, 0.3) is 0 Å². The first-order chi connectivity index (χ1) is 8.06. The third-order valence-electron chi connectivity index (χ3n) is 2.33. The average molecular weight is 234 g/mol. The van der Waals surface area contributed by atoms with Crippen LogP contribution in [0.1, 0.15) is 11.6 Å². The molecule has 1 aromatic rings. The molecule has 0 bridgehead atoms. The summed E-state index contributed by atoms with van der Waals surface area (Å²) in [7, 11) is 0. The second-order valence-corrected chi connectivity index (χ2v) is 3.56. The summed E-state index contributed by atoms with van der Waals surface area (Å²) in [4.78, 5) is 22.0. The highest BCUT2D eigenvalue weighted by Gasteiger charge is 2.23. The molecule has 6 nitrogen and oxygen atoms in total. The molecule has 2 rings (SSSR count). The number of phenols is 1. The number of aromatic hydroxyl groups is 1. The number of carboxylic acid groups (broad SMARTS) is 1. The molecule has 4 N–H and O–H groups in total. The number of rotatable bonds is 2. The Morgan fingerprint density at radius 1 is 1.35 bits per heavy atom. The molecule has 1 heterocycles. The number of urea groups is 1. The van der Waals surface area contributed by atoms with Crippen molar-refractivity contribution in [1.29, 1.82) is 0 Å². The third-order valence-corrected chi connectivity index (χ3v) is 2.33. The molecule has 1 aromatic carbocycles. The Balaban J connectivity index is 2.35. The van der Waals surface area contributed by atoms with E-state index < -0.39 is 18.0 Å². The van der Waals surface area contributed by atoms with Gasteiger partial charge in [-0.1, -0.05) is 12.1 Å². The van der Waals surface area contributed by atoms with E-state index in [0.717, 1.165) is 0 Å². The normalized spacial score (nSPS) is 18.9. The summed E-state index contributed by atoms with van der Waals surface area (Å²) in [5.74, 6) is -1.15. The molecule has 0 aromatic heterocycles. The molecule has 6 heteroatoms. The van der Waals surface area contributed by atoms with Crippen molar-refractivity contribution in [2.75, 3.05) is 0 Å². The molecule has 1 aliphatic rings. The standard InChI is InChI=1S/C11H10N2O4/c14-7-3-1-2-6(4-7)8-5-9(10(15)16)13-11(17)12-8/h1-5,8,14H,(H,15,16)(H2,12,13,17). The Morgan fingerprint density at radius 3 is 2.76 bits per heavy atom. The van der Waals surface area contributed by atoms with Crippen molar-refractivity contribution >= 4 is 12.0 Å². The number of carbonyl (C=O) groups excluding carboxylic acids is 1. The van der Waals surface area contributed by atoms with E-state index in [1.807, 2.05) is 0 Å². The zero-order valence-corrected chi connectivity index (χ0v) is 8.68. The predicted molar refractivity (Wildman–Crippen MR) is 58.2 cm³/mol. The number of nitrogens with one attached hydrogen (secondary N) is 2. The van der Waals surface area contributed by atoms with Crippen molar-refractivity contribution in [3.05, 3.63) is 41.6 Å². The molecule has 0 spiro atoms. The van der Waals surface area contributed by atoms with Crippen LogP contribution in [-0.2, 0) is 4.79 Å². The monoisotopic (exact) mass is 234 g/mol. The van der Waals surface area contributed by atoms with Crippen LogP contribution < -0.4 is 10.6 Å². The van der Waals surface area contributed by atoms with E-state index in [9.17, 15) is 14.7 Å². The molecule has 88 valence electrons. The third kappa shape index (κ3) is 2.36. The van der Waals surface area contributed by atoms with Crippen molar-refractivity contribution in [2.24, 2.45) is 0 Å². The zero-order chi connectivity index (χ0) is 12.4. The molecule has 0 aliphatic carbocycles. The van der Waals surface area contributed by atoms with Gasteiger partial charge < -0.3 is 20.8 Å². The molecule has 0 fully saturated rings. The van der Waals surface area contributed by atoms with E-state index >= 15 is 0 Å². The lowest BCUT2D eigenvalue weighted by molar-refractivity contribution is -0.133. The number of hydrogen-bond acceptors (Lipinski definition) is 3.